The number of methoxy groups -OCH3 is 1. The van der Waals surface area contributed by atoms with Gasteiger partial charge in [0.05, 0.1) is 13.5 Å². The molecule has 1 saturated heterocycles. The van der Waals surface area contributed by atoms with Crippen molar-refractivity contribution in [3.05, 3.63) is 60.0 Å². The van der Waals surface area contributed by atoms with Crippen molar-refractivity contribution >= 4 is 17.6 Å². The molecule has 8 heteroatoms. The van der Waals surface area contributed by atoms with Gasteiger partial charge in [0.2, 0.25) is 11.8 Å². The molecular weight excluding hydrogens is 398 g/mol. The van der Waals surface area contributed by atoms with Crippen molar-refractivity contribution in [2.75, 3.05) is 18.6 Å². The van der Waals surface area contributed by atoms with Crippen molar-refractivity contribution in [2.45, 2.75) is 32.3 Å². The van der Waals surface area contributed by atoms with Crippen molar-refractivity contribution in [1.82, 2.24) is 10.2 Å². The Hall–Kier alpha value is -3.68. The molecule has 31 heavy (non-hydrogen) atoms. The van der Waals surface area contributed by atoms with Gasteiger partial charge in [-0.05, 0) is 55.3 Å². The standard InChI is InChI=1S/C23H23N3O5/c1-15(22-24-25-23(31-22)17-7-11-19(29-2)12-8-17)30-21(28)14-16-5-9-18(10-6-16)26-13-3-4-20(26)27/h5-12,15H,3-4,13-14H2,1-2H3/t15-/m1/s1. The fourth-order valence-corrected chi connectivity index (χ4v) is 3.42. The van der Waals surface area contributed by atoms with E-state index in [1.165, 1.54) is 0 Å². The largest absolute Gasteiger partial charge is 0.497 e. The fraction of sp³-hybridized carbons (Fsp3) is 0.304. The van der Waals surface area contributed by atoms with Crippen LogP contribution in [-0.2, 0) is 20.7 Å². The number of nitrogens with zero attached hydrogens (tertiary/aromatic N) is 3. The number of esters is 1. The second kappa shape index (κ2) is 8.99. The minimum Gasteiger partial charge on any atom is -0.497 e. The number of benzene rings is 2. The first-order valence-corrected chi connectivity index (χ1v) is 10.1. The van der Waals surface area contributed by atoms with Crippen molar-refractivity contribution in [1.29, 1.82) is 0 Å². The van der Waals surface area contributed by atoms with Crippen LogP contribution >= 0.6 is 0 Å². The van der Waals surface area contributed by atoms with Crippen LogP contribution in [0.4, 0.5) is 5.69 Å². The third-order valence-corrected chi connectivity index (χ3v) is 5.10. The number of hydrogen-bond donors (Lipinski definition) is 0. The molecule has 1 atom stereocenters. The van der Waals surface area contributed by atoms with E-state index in [9.17, 15) is 9.59 Å². The van der Waals surface area contributed by atoms with Crippen molar-refractivity contribution in [3.63, 3.8) is 0 Å². The van der Waals surface area contributed by atoms with E-state index in [0.717, 1.165) is 35.5 Å². The maximum absolute atomic E-state index is 12.3. The van der Waals surface area contributed by atoms with Crippen LogP contribution in [0.25, 0.3) is 11.5 Å². The normalized spacial score (nSPS) is 14.5. The number of carbonyl (C=O) groups is 2. The molecule has 4 rings (SSSR count). The van der Waals surface area contributed by atoms with Gasteiger partial charge >= 0.3 is 5.97 Å². The van der Waals surface area contributed by atoms with E-state index in [1.807, 2.05) is 36.4 Å². The first-order valence-electron chi connectivity index (χ1n) is 10.1. The lowest BCUT2D eigenvalue weighted by atomic mass is 10.1. The SMILES string of the molecule is COc1ccc(-c2nnc([C@@H](C)OC(=O)Cc3ccc(N4CCCC4=O)cc3)o2)cc1. The molecule has 0 radical (unpaired) electrons. The van der Waals surface area contributed by atoms with E-state index in [-0.39, 0.29) is 18.2 Å². The highest BCUT2D eigenvalue weighted by molar-refractivity contribution is 5.95. The van der Waals surface area contributed by atoms with Crippen molar-refractivity contribution < 1.29 is 23.5 Å². The third kappa shape index (κ3) is 4.74. The Morgan fingerprint density at radius 2 is 1.87 bits per heavy atom. The van der Waals surface area contributed by atoms with Gasteiger partial charge in [-0.25, -0.2) is 0 Å². The van der Waals surface area contributed by atoms with Gasteiger partial charge in [-0.1, -0.05) is 12.1 Å². The van der Waals surface area contributed by atoms with E-state index in [1.54, 1.807) is 31.1 Å². The van der Waals surface area contributed by atoms with Crippen LogP contribution in [-0.4, -0.2) is 35.7 Å². The molecule has 0 unspecified atom stereocenters. The molecule has 0 bridgehead atoms. The summed E-state index contributed by atoms with van der Waals surface area (Å²) >= 11 is 0. The van der Waals surface area contributed by atoms with Crippen LogP contribution in [0.5, 0.6) is 5.75 Å². The summed E-state index contributed by atoms with van der Waals surface area (Å²) in [5.74, 6) is 1.02. The van der Waals surface area contributed by atoms with E-state index in [4.69, 9.17) is 13.9 Å². The molecule has 160 valence electrons. The summed E-state index contributed by atoms with van der Waals surface area (Å²) in [5.41, 5.74) is 2.40. The molecule has 1 amide bonds. The molecule has 1 fully saturated rings. The molecule has 2 heterocycles. The van der Waals surface area contributed by atoms with Gasteiger partial charge in [0.25, 0.3) is 5.89 Å². The summed E-state index contributed by atoms with van der Waals surface area (Å²) in [7, 11) is 1.60. The van der Waals surface area contributed by atoms with E-state index in [2.05, 4.69) is 10.2 Å². The van der Waals surface area contributed by atoms with Gasteiger partial charge in [0.15, 0.2) is 6.10 Å². The maximum Gasteiger partial charge on any atom is 0.311 e. The number of ether oxygens (including phenoxy) is 2. The van der Waals surface area contributed by atoms with E-state index >= 15 is 0 Å². The van der Waals surface area contributed by atoms with Crippen LogP contribution in [0.15, 0.2) is 52.9 Å². The molecular formula is C23H23N3O5. The van der Waals surface area contributed by atoms with Gasteiger partial charge in [-0.15, -0.1) is 10.2 Å². The van der Waals surface area contributed by atoms with Crippen LogP contribution in [0, 0.1) is 0 Å². The predicted molar refractivity (Wildman–Crippen MR) is 113 cm³/mol. The average molecular weight is 421 g/mol. The van der Waals surface area contributed by atoms with Crippen LogP contribution < -0.4 is 9.64 Å². The zero-order valence-electron chi connectivity index (χ0n) is 17.4. The first-order chi connectivity index (χ1) is 15.0. The lowest BCUT2D eigenvalue weighted by Gasteiger charge is -2.16. The highest BCUT2D eigenvalue weighted by atomic mass is 16.6. The zero-order valence-corrected chi connectivity index (χ0v) is 17.4. The number of amides is 1. The molecule has 0 N–H and O–H groups in total. The Morgan fingerprint density at radius 1 is 1.13 bits per heavy atom. The topological polar surface area (TPSA) is 94.8 Å². The summed E-state index contributed by atoms with van der Waals surface area (Å²) in [6, 6.07) is 14.6. The summed E-state index contributed by atoms with van der Waals surface area (Å²) in [6.07, 6.45) is 0.897. The Bertz CT molecular complexity index is 1060. The van der Waals surface area contributed by atoms with Crippen LogP contribution in [0.3, 0.4) is 0 Å². The summed E-state index contributed by atoms with van der Waals surface area (Å²) < 4.78 is 16.3. The average Bonchev–Trinajstić information content (AvgIpc) is 3.44. The molecule has 8 nitrogen and oxygen atoms in total. The van der Waals surface area contributed by atoms with Gasteiger partial charge in [-0.3, -0.25) is 9.59 Å². The third-order valence-electron chi connectivity index (χ3n) is 5.10. The predicted octanol–water partition coefficient (Wildman–Crippen LogP) is 3.72. The minimum absolute atomic E-state index is 0.109. The second-order valence-electron chi connectivity index (χ2n) is 7.30. The first kappa shape index (κ1) is 20.6. The molecule has 0 aliphatic carbocycles. The number of aromatic nitrogens is 2. The number of anilines is 1. The molecule has 0 saturated carbocycles. The van der Waals surface area contributed by atoms with Crippen molar-refractivity contribution in [3.8, 4) is 17.2 Å². The van der Waals surface area contributed by atoms with Gasteiger partial charge in [0, 0.05) is 24.2 Å². The lowest BCUT2D eigenvalue weighted by Crippen LogP contribution is -2.23. The van der Waals surface area contributed by atoms with Crippen molar-refractivity contribution in [2.24, 2.45) is 0 Å². The van der Waals surface area contributed by atoms with Gasteiger partial charge in [0.1, 0.15) is 5.75 Å². The van der Waals surface area contributed by atoms with E-state index in [0.29, 0.717) is 12.3 Å². The highest BCUT2D eigenvalue weighted by Gasteiger charge is 2.22. The lowest BCUT2D eigenvalue weighted by molar-refractivity contribution is -0.148. The molecule has 1 aliphatic heterocycles. The Morgan fingerprint density at radius 3 is 2.52 bits per heavy atom. The van der Waals surface area contributed by atoms with Crippen LogP contribution in [0.2, 0.25) is 0 Å². The molecule has 1 aromatic heterocycles. The monoisotopic (exact) mass is 421 g/mol. The molecule has 2 aromatic carbocycles. The second-order valence-corrected chi connectivity index (χ2v) is 7.30. The quantitative estimate of drug-likeness (QED) is 0.537. The molecule has 1 aliphatic rings. The summed E-state index contributed by atoms with van der Waals surface area (Å²) in [6.45, 7) is 2.42. The smallest absolute Gasteiger partial charge is 0.311 e. The van der Waals surface area contributed by atoms with Gasteiger partial charge in [-0.2, -0.15) is 0 Å². The van der Waals surface area contributed by atoms with Crippen LogP contribution in [0.1, 0.15) is 37.3 Å². The number of hydrogen-bond acceptors (Lipinski definition) is 7. The van der Waals surface area contributed by atoms with E-state index < -0.39 is 12.1 Å². The Labute approximate surface area is 179 Å². The number of rotatable bonds is 7. The summed E-state index contributed by atoms with van der Waals surface area (Å²) in [5, 5.41) is 8.02. The maximum atomic E-state index is 12.3. The fourth-order valence-electron chi connectivity index (χ4n) is 3.42. The zero-order chi connectivity index (χ0) is 21.8. The Balaban J connectivity index is 1.34. The number of carbonyl (C=O) groups excluding carboxylic acids is 2. The van der Waals surface area contributed by atoms with Gasteiger partial charge < -0.3 is 18.8 Å². The minimum atomic E-state index is -0.673. The highest BCUT2D eigenvalue weighted by Crippen LogP contribution is 2.25. The molecule has 3 aromatic rings. The Kier molecular flexibility index (Phi) is 5.97. The molecule has 0 spiro atoms. The summed E-state index contributed by atoms with van der Waals surface area (Å²) in [4.78, 5) is 26.0.